The Morgan fingerprint density at radius 2 is 2.07 bits per heavy atom. The highest BCUT2D eigenvalue weighted by Gasteiger charge is 2.15. The number of aliphatic hydroxyl groups is 1. The highest BCUT2D eigenvalue weighted by Crippen LogP contribution is 2.19. The van der Waals surface area contributed by atoms with Gasteiger partial charge < -0.3 is 9.84 Å². The van der Waals surface area contributed by atoms with Crippen molar-refractivity contribution in [3.05, 3.63) is 0 Å². The van der Waals surface area contributed by atoms with E-state index in [1.807, 2.05) is 0 Å². The first-order valence-corrected chi connectivity index (χ1v) is 6.62. The summed E-state index contributed by atoms with van der Waals surface area (Å²) in [6, 6.07) is 0. The number of ether oxygens (including phenoxy) is 1. The van der Waals surface area contributed by atoms with E-state index in [0.29, 0.717) is 6.10 Å². The van der Waals surface area contributed by atoms with E-state index in [1.54, 1.807) is 0 Å². The third-order valence-corrected chi connectivity index (χ3v) is 3.23. The van der Waals surface area contributed by atoms with Gasteiger partial charge in [0.25, 0.3) is 0 Å². The molecule has 1 saturated heterocycles. The summed E-state index contributed by atoms with van der Waals surface area (Å²) in [5.41, 5.74) is 0. The lowest BCUT2D eigenvalue weighted by molar-refractivity contribution is 0.0928. The number of aliphatic hydroxyl groups excluding tert-OH is 1. The van der Waals surface area contributed by atoms with Crippen molar-refractivity contribution < 1.29 is 9.84 Å². The number of hydrogen-bond acceptors (Lipinski definition) is 2. The van der Waals surface area contributed by atoms with Crippen LogP contribution in [-0.2, 0) is 4.74 Å². The molecule has 0 radical (unpaired) electrons. The van der Waals surface area contributed by atoms with Gasteiger partial charge >= 0.3 is 0 Å². The van der Waals surface area contributed by atoms with Crippen molar-refractivity contribution in [1.82, 2.24) is 0 Å². The van der Waals surface area contributed by atoms with Gasteiger partial charge in [0.05, 0.1) is 12.2 Å². The van der Waals surface area contributed by atoms with Crippen LogP contribution in [-0.4, -0.2) is 23.9 Å². The third-order valence-electron chi connectivity index (χ3n) is 3.23. The molecule has 1 aliphatic heterocycles. The maximum Gasteiger partial charge on any atom is 0.0576 e. The van der Waals surface area contributed by atoms with Crippen LogP contribution in [0.3, 0.4) is 0 Å². The Hall–Kier alpha value is -0.0800. The lowest BCUT2D eigenvalue weighted by Crippen LogP contribution is -2.09. The first kappa shape index (κ1) is 13.0. The normalized spacial score (nSPS) is 23.2. The molecular weight excluding hydrogens is 188 g/mol. The Labute approximate surface area is 94.0 Å². The van der Waals surface area contributed by atoms with Crippen LogP contribution >= 0.6 is 0 Å². The lowest BCUT2D eigenvalue weighted by atomic mass is 10.0. The maximum absolute atomic E-state index is 9.71. The quantitative estimate of drug-likeness (QED) is 0.628. The standard InChI is InChI=1S/C13H26O2/c1-2-3-4-7-12(14)8-5-9-13-10-6-11-15-13/h12-14H,2-11H2,1H3. The largest absolute Gasteiger partial charge is 0.393 e. The van der Waals surface area contributed by atoms with Crippen LogP contribution in [0.25, 0.3) is 0 Å². The average molecular weight is 214 g/mol. The van der Waals surface area contributed by atoms with E-state index in [2.05, 4.69) is 6.92 Å². The number of rotatable bonds is 8. The third kappa shape index (κ3) is 6.16. The second kappa shape index (κ2) is 8.12. The average Bonchev–Trinajstić information content (AvgIpc) is 2.71. The zero-order valence-electron chi connectivity index (χ0n) is 10.1. The molecule has 0 amide bonds. The van der Waals surface area contributed by atoms with Crippen molar-refractivity contribution >= 4 is 0 Å². The number of unbranched alkanes of at least 4 members (excludes halogenated alkanes) is 2. The molecular formula is C13H26O2. The molecule has 1 aliphatic rings. The first-order chi connectivity index (χ1) is 7.33. The van der Waals surface area contributed by atoms with Crippen LogP contribution in [0.5, 0.6) is 0 Å². The van der Waals surface area contributed by atoms with Crippen molar-refractivity contribution in [3.8, 4) is 0 Å². The zero-order chi connectivity index (χ0) is 10.9. The van der Waals surface area contributed by atoms with E-state index in [0.717, 1.165) is 32.3 Å². The fourth-order valence-corrected chi connectivity index (χ4v) is 2.23. The molecule has 1 fully saturated rings. The molecule has 2 unspecified atom stereocenters. The maximum atomic E-state index is 9.71. The molecule has 1 heterocycles. The van der Waals surface area contributed by atoms with Crippen LogP contribution in [0.4, 0.5) is 0 Å². The van der Waals surface area contributed by atoms with Crippen molar-refractivity contribution in [2.24, 2.45) is 0 Å². The Morgan fingerprint density at radius 3 is 2.73 bits per heavy atom. The molecule has 2 nitrogen and oxygen atoms in total. The molecule has 0 aromatic carbocycles. The lowest BCUT2D eigenvalue weighted by Gasteiger charge is -2.12. The van der Waals surface area contributed by atoms with E-state index in [1.165, 1.54) is 32.1 Å². The smallest absolute Gasteiger partial charge is 0.0576 e. The molecule has 15 heavy (non-hydrogen) atoms. The Morgan fingerprint density at radius 1 is 1.27 bits per heavy atom. The molecule has 2 atom stereocenters. The Balaban J connectivity index is 1.89. The van der Waals surface area contributed by atoms with Crippen molar-refractivity contribution in [1.29, 1.82) is 0 Å². The van der Waals surface area contributed by atoms with E-state index >= 15 is 0 Å². The van der Waals surface area contributed by atoms with Crippen LogP contribution in [0.15, 0.2) is 0 Å². The van der Waals surface area contributed by atoms with E-state index in [-0.39, 0.29) is 6.10 Å². The minimum Gasteiger partial charge on any atom is -0.393 e. The molecule has 0 spiro atoms. The summed E-state index contributed by atoms with van der Waals surface area (Å²) < 4.78 is 5.55. The van der Waals surface area contributed by atoms with Gasteiger partial charge in [-0.2, -0.15) is 0 Å². The molecule has 0 aromatic heterocycles. The topological polar surface area (TPSA) is 29.5 Å². The minimum atomic E-state index is -0.0713. The molecule has 90 valence electrons. The second-order valence-corrected chi connectivity index (χ2v) is 4.72. The van der Waals surface area contributed by atoms with E-state index in [4.69, 9.17) is 4.74 Å². The monoisotopic (exact) mass is 214 g/mol. The van der Waals surface area contributed by atoms with Crippen molar-refractivity contribution in [2.75, 3.05) is 6.61 Å². The number of hydrogen-bond donors (Lipinski definition) is 1. The van der Waals surface area contributed by atoms with Crippen LogP contribution in [0.1, 0.15) is 64.7 Å². The van der Waals surface area contributed by atoms with Gasteiger partial charge in [0.1, 0.15) is 0 Å². The minimum absolute atomic E-state index is 0.0713. The van der Waals surface area contributed by atoms with Gasteiger partial charge in [-0.1, -0.05) is 26.2 Å². The molecule has 1 rings (SSSR count). The van der Waals surface area contributed by atoms with Gasteiger partial charge in [0, 0.05) is 6.61 Å². The highest BCUT2D eigenvalue weighted by atomic mass is 16.5. The zero-order valence-corrected chi connectivity index (χ0v) is 10.1. The second-order valence-electron chi connectivity index (χ2n) is 4.72. The first-order valence-electron chi connectivity index (χ1n) is 6.62. The van der Waals surface area contributed by atoms with Gasteiger partial charge in [-0.25, -0.2) is 0 Å². The van der Waals surface area contributed by atoms with E-state index < -0.39 is 0 Å². The highest BCUT2D eigenvalue weighted by molar-refractivity contribution is 4.66. The van der Waals surface area contributed by atoms with Gasteiger partial charge in [0.15, 0.2) is 0 Å². The molecule has 0 aromatic rings. The van der Waals surface area contributed by atoms with Crippen LogP contribution in [0, 0.1) is 0 Å². The van der Waals surface area contributed by atoms with Gasteiger partial charge in [0.2, 0.25) is 0 Å². The predicted molar refractivity (Wildman–Crippen MR) is 63.0 cm³/mol. The predicted octanol–water partition coefficient (Wildman–Crippen LogP) is 3.28. The summed E-state index contributed by atoms with van der Waals surface area (Å²) >= 11 is 0. The molecule has 0 aliphatic carbocycles. The Kier molecular flexibility index (Phi) is 7.03. The Bertz CT molecular complexity index is 141. The SMILES string of the molecule is CCCCCC(O)CCCC1CCCO1. The summed E-state index contributed by atoms with van der Waals surface area (Å²) in [5, 5.41) is 9.71. The summed E-state index contributed by atoms with van der Waals surface area (Å²) in [5.74, 6) is 0. The molecule has 2 heteroatoms. The molecule has 1 N–H and O–H groups in total. The van der Waals surface area contributed by atoms with Gasteiger partial charge in [-0.05, 0) is 38.5 Å². The van der Waals surface area contributed by atoms with Crippen LogP contribution in [0.2, 0.25) is 0 Å². The van der Waals surface area contributed by atoms with Crippen molar-refractivity contribution in [3.63, 3.8) is 0 Å². The summed E-state index contributed by atoms with van der Waals surface area (Å²) in [6.07, 6.45) is 10.8. The summed E-state index contributed by atoms with van der Waals surface area (Å²) in [4.78, 5) is 0. The van der Waals surface area contributed by atoms with Gasteiger partial charge in [-0.3, -0.25) is 0 Å². The fraction of sp³-hybridized carbons (Fsp3) is 1.00. The van der Waals surface area contributed by atoms with Gasteiger partial charge in [-0.15, -0.1) is 0 Å². The summed E-state index contributed by atoms with van der Waals surface area (Å²) in [7, 11) is 0. The molecule has 0 bridgehead atoms. The van der Waals surface area contributed by atoms with Crippen LogP contribution < -0.4 is 0 Å². The summed E-state index contributed by atoms with van der Waals surface area (Å²) in [6.45, 7) is 3.15. The fourth-order valence-electron chi connectivity index (χ4n) is 2.23. The molecule has 0 saturated carbocycles. The van der Waals surface area contributed by atoms with E-state index in [9.17, 15) is 5.11 Å². The van der Waals surface area contributed by atoms with Crippen molar-refractivity contribution in [2.45, 2.75) is 76.9 Å².